The second-order valence-corrected chi connectivity index (χ2v) is 8.86. The normalized spacial score (nSPS) is 26.5. The molecule has 1 aromatic rings. The Hall–Kier alpha value is -1.43. The Kier molecular flexibility index (Phi) is 6.65. The number of piperazine rings is 1. The van der Waals surface area contributed by atoms with Gasteiger partial charge in [0.15, 0.2) is 0 Å². The molecule has 0 bridgehead atoms. The standard InChI is InChI=1S/C23H36N4O/c1-19(23(28)27-14-9-22(18-27)26-15-10-24-11-16-26)25-12-7-21(8-13-25)17-20-5-3-2-4-6-20/h2-6,19,21-22,24H,7-18H2,1H3. The summed E-state index contributed by atoms with van der Waals surface area (Å²) in [4.78, 5) is 20.2. The number of nitrogens with one attached hydrogen (secondary N) is 1. The fourth-order valence-electron chi connectivity index (χ4n) is 5.20. The van der Waals surface area contributed by atoms with Gasteiger partial charge in [-0.15, -0.1) is 0 Å². The molecule has 2 unspecified atom stereocenters. The first-order chi connectivity index (χ1) is 13.7. The number of nitrogens with zero attached hydrogens (tertiary/aromatic N) is 3. The summed E-state index contributed by atoms with van der Waals surface area (Å²) < 4.78 is 0. The van der Waals surface area contributed by atoms with Gasteiger partial charge in [0.25, 0.3) is 0 Å². The predicted molar refractivity (Wildman–Crippen MR) is 113 cm³/mol. The quantitative estimate of drug-likeness (QED) is 0.841. The van der Waals surface area contributed by atoms with E-state index in [2.05, 4.69) is 57.3 Å². The molecule has 3 aliphatic heterocycles. The van der Waals surface area contributed by atoms with E-state index in [1.54, 1.807) is 0 Å². The number of carbonyl (C=O) groups is 1. The molecular formula is C23H36N4O. The van der Waals surface area contributed by atoms with E-state index in [0.717, 1.165) is 64.7 Å². The Bertz CT molecular complexity index is 623. The van der Waals surface area contributed by atoms with Gasteiger partial charge in [-0.05, 0) is 57.2 Å². The summed E-state index contributed by atoms with van der Waals surface area (Å²) in [7, 11) is 0. The van der Waals surface area contributed by atoms with Crippen molar-refractivity contribution in [1.82, 2.24) is 20.0 Å². The fourth-order valence-corrected chi connectivity index (χ4v) is 5.20. The van der Waals surface area contributed by atoms with Gasteiger partial charge < -0.3 is 10.2 Å². The maximum atomic E-state index is 13.1. The molecule has 0 aliphatic carbocycles. The topological polar surface area (TPSA) is 38.8 Å². The van der Waals surface area contributed by atoms with E-state index in [9.17, 15) is 4.79 Å². The van der Waals surface area contributed by atoms with Gasteiger partial charge in [0.2, 0.25) is 5.91 Å². The van der Waals surface area contributed by atoms with Crippen molar-refractivity contribution >= 4 is 5.91 Å². The predicted octanol–water partition coefficient (Wildman–Crippen LogP) is 1.84. The van der Waals surface area contributed by atoms with Gasteiger partial charge in [-0.2, -0.15) is 0 Å². The molecule has 0 radical (unpaired) electrons. The highest BCUT2D eigenvalue weighted by atomic mass is 16.2. The first-order valence-corrected chi connectivity index (χ1v) is 11.2. The Morgan fingerprint density at radius 2 is 1.75 bits per heavy atom. The highest BCUT2D eigenvalue weighted by Gasteiger charge is 2.35. The van der Waals surface area contributed by atoms with E-state index in [4.69, 9.17) is 0 Å². The Labute approximate surface area is 170 Å². The van der Waals surface area contributed by atoms with Crippen LogP contribution in [0.25, 0.3) is 0 Å². The molecule has 5 nitrogen and oxygen atoms in total. The molecule has 0 aromatic heterocycles. The van der Waals surface area contributed by atoms with Crippen molar-refractivity contribution in [2.75, 3.05) is 52.4 Å². The van der Waals surface area contributed by atoms with Crippen LogP contribution in [-0.4, -0.2) is 85.0 Å². The minimum Gasteiger partial charge on any atom is -0.340 e. The molecule has 0 saturated carbocycles. The number of benzene rings is 1. The van der Waals surface area contributed by atoms with Crippen LogP contribution in [0.3, 0.4) is 0 Å². The molecule has 1 aromatic carbocycles. The zero-order valence-electron chi connectivity index (χ0n) is 17.4. The molecule has 3 saturated heterocycles. The molecule has 0 spiro atoms. The SMILES string of the molecule is CC(C(=O)N1CCC(N2CCNCC2)C1)N1CCC(Cc2ccccc2)CC1. The summed E-state index contributed by atoms with van der Waals surface area (Å²) in [5, 5.41) is 3.42. The molecule has 3 fully saturated rings. The number of amides is 1. The van der Waals surface area contributed by atoms with E-state index < -0.39 is 0 Å². The third kappa shape index (κ3) is 4.76. The van der Waals surface area contributed by atoms with Crippen LogP contribution in [0, 0.1) is 5.92 Å². The molecule has 154 valence electrons. The van der Waals surface area contributed by atoms with Crippen molar-refractivity contribution in [3.05, 3.63) is 35.9 Å². The van der Waals surface area contributed by atoms with Gasteiger partial charge >= 0.3 is 0 Å². The minimum atomic E-state index is 0.0273. The monoisotopic (exact) mass is 384 g/mol. The third-order valence-electron chi connectivity index (χ3n) is 7.06. The number of rotatable bonds is 5. The lowest BCUT2D eigenvalue weighted by molar-refractivity contribution is -0.136. The Balaban J connectivity index is 1.23. The van der Waals surface area contributed by atoms with E-state index in [1.807, 2.05) is 0 Å². The highest BCUT2D eigenvalue weighted by Crippen LogP contribution is 2.24. The van der Waals surface area contributed by atoms with E-state index >= 15 is 0 Å². The number of hydrogen-bond acceptors (Lipinski definition) is 4. The van der Waals surface area contributed by atoms with Crippen LogP contribution in [-0.2, 0) is 11.2 Å². The molecule has 2 atom stereocenters. The second kappa shape index (κ2) is 9.38. The van der Waals surface area contributed by atoms with Crippen molar-refractivity contribution in [2.24, 2.45) is 5.92 Å². The molecule has 4 rings (SSSR count). The molecule has 3 heterocycles. The second-order valence-electron chi connectivity index (χ2n) is 8.86. The molecule has 1 amide bonds. The van der Waals surface area contributed by atoms with Crippen molar-refractivity contribution < 1.29 is 4.79 Å². The zero-order valence-corrected chi connectivity index (χ0v) is 17.4. The van der Waals surface area contributed by atoms with Crippen molar-refractivity contribution in [3.63, 3.8) is 0 Å². The van der Waals surface area contributed by atoms with Gasteiger partial charge in [0.05, 0.1) is 6.04 Å². The molecule has 5 heteroatoms. The third-order valence-corrected chi connectivity index (χ3v) is 7.06. The van der Waals surface area contributed by atoms with Gasteiger partial charge in [0, 0.05) is 45.3 Å². The van der Waals surface area contributed by atoms with Crippen LogP contribution in [0.5, 0.6) is 0 Å². The molecule has 1 N–H and O–H groups in total. The van der Waals surface area contributed by atoms with Gasteiger partial charge in [-0.1, -0.05) is 30.3 Å². The Morgan fingerprint density at radius 1 is 1.04 bits per heavy atom. The Morgan fingerprint density at radius 3 is 2.46 bits per heavy atom. The molecular weight excluding hydrogens is 348 g/mol. The lowest BCUT2D eigenvalue weighted by Gasteiger charge is -2.37. The number of piperidine rings is 1. The van der Waals surface area contributed by atoms with Crippen LogP contribution < -0.4 is 5.32 Å². The number of hydrogen-bond donors (Lipinski definition) is 1. The molecule has 28 heavy (non-hydrogen) atoms. The first kappa shape index (κ1) is 19.9. The largest absolute Gasteiger partial charge is 0.340 e. The molecule has 3 aliphatic rings. The number of carbonyl (C=O) groups excluding carboxylic acids is 1. The maximum Gasteiger partial charge on any atom is 0.239 e. The van der Waals surface area contributed by atoms with Crippen molar-refractivity contribution in [1.29, 1.82) is 0 Å². The van der Waals surface area contributed by atoms with Crippen LogP contribution in [0.1, 0.15) is 31.7 Å². The number of likely N-dealkylation sites (tertiary alicyclic amines) is 2. The smallest absolute Gasteiger partial charge is 0.239 e. The lowest BCUT2D eigenvalue weighted by Crippen LogP contribution is -2.51. The van der Waals surface area contributed by atoms with Crippen molar-refractivity contribution in [2.45, 2.75) is 44.7 Å². The van der Waals surface area contributed by atoms with E-state index in [-0.39, 0.29) is 6.04 Å². The highest BCUT2D eigenvalue weighted by molar-refractivity contribution is 5.81. The van der Waals surface area contributed by atoms with Gasteiger partial charge in [-0.3, -0.25) is 14.6 Å². The van der Waals surface area contributed by atoms with Crippen LogP contribution in [0.2, 0.25) is 0 Å². The summed E-state index contributed by atoms with van der Waals surface area (Å²) in [6, 6.07) is 11.4. The lowest BCUT2D eigenvalue weighted by atomic mass is 9.89. The summed E-state index contributed by atoms with van der Waals surface area (Å²) in [6.45, 7) is 10.5. The summed E-state index contributed by atoms with van der Waals surface area (Å²) in [5.41, 5.74) is 1.45. The van der Waals surface area contributed by atoms with Gasteiger partial charge in [0.1, 0.15) is 0 Å². The summed E-state index contributed by atoms with van der Waals surface area (Å²) in [6.07, 6.45) is 4.72. The average Bonchev–Trinajstić information content (AvgIpc) is 3.25. The van der Waals surface area contributed by atoms with Crippen molar-refractivity contribution in [3.8, 4) is 0 Å². The minimum absolute atomic E-state index is 0.0273. The first-order valence-electron chi connectivity index (χ1n) is 11.2. The van der Waals surface area contributed by atoms with E-state index in [0.29, 0.717) is 11.9 Å². The van der Waals surface area contributed by atoms with Crippen LogP contribution in [0.4, 0.5) is 0 Å². The zero-order chi connectivity index (χ0) is 19.3. The summed E-state index contributed by atoms with van der Waals surface area (Å²) in [5.74, 6) is 1.10. The van der Waals surface area contributed by atoms with Gasteiger partial charge in [-0.25, -0.2) is 0 Å². The van der Waals surface area contributed by atoms with E-state index in [1.165, 1.54) is 24.8 Å². The maximum absolute atomic E-state index is 13.1. The summed E-state index contributed by atoms with van der Waals surface area (Å²) >= 11 is 0. The fraction of sp³-hybridized carbons (Fsp3) is 0.696. The van der Waals surface area contributed by atoms with Crippen LogP contribution >= 0.6 is 0 Å². The average molecular weight is 385 g/mol. The van der Waals surface area contributed by atoms with Crippen LogP contribution in [0.15, 0.2) is 30.3 Å².